The number of rotatable bonds is 12. The van der Waals surface area contributed by atoms with Crippen LogP contribution in [0.25, 0.3) is 22.9 Å². The summed E-state index contributed by atoms with van der Waals surface area (Å²) in [6, 6.07) is 22.1. The number of anilines is 1. The summed E-state index contributed by atoms with van der Waals surface area (Å²) in [5.74, 6) is 0.986. The van der Waals surface area contributed by atoms with Crippen LogP contribution in [-0.2, 0) is 33.1 Å². The maximum Gasteiger partial charge on any atom is 0.295 e. The fourth-order valence-corrected chi connectivity index (χ4v) is 7.85. The van der Waals surface area contributed by atoms with Gasteiger partial charge in [-0.15, -0.1) is 0 Å². The van der Waals surface area contributed by atoms with Crippen LogP contribution in [0.4, 0.5) is 17.1 Å². The molecular formula is C40H41N3O7S2. The molecule has 12 heteroatoms. The zero-order valence-corrected chi connectivity index (χ0v) is 31.2. The lowest BCUT2D eigenvalue weighted by Crippen LogP contribution is -2.27. The third kappa shape index (κ3) is 7.38. The molecule has 270 valence electrons. The van der Waals surface area contributed by atoms with Crippen molar-refractivity contribution in [2.75, 3.05) is 19.0 Å². The first-order valence-corrected chi connectivity index (χ1v) is 20.0. The third-order valence-corrected chi connectivity index (χ3v) is 11.1. The highest BCUT2D eigenvalue weighted by Gasteiger charge is 2.30. The van der Waals surface area contributed by atoms with Gasteiger partial charge in [0, 0.05) is 52.7 Å². The second-order valence-corrected chi connectivity index (χ2v) is 15.9. The minimum atomic E-state index is -4.99. The number of benzene rings is 5. The zero-order valence-electron chi connectivity index (χ0n) is 29.5. The Balaban J connectivity index is 1.62. The minimum Gasteiger partial charge on any atom is -0.455 e. The highest BCUT2D eigenvalue weighted by Crippen LogP contribution is 2.44. The normalized spacial score (nSPS) is 12.9. The highest BCUT2D eigenvalue weighted by molar-refractivity contribution is 7.86. The van der Waals surface area contributed by atoms with Gasteiger partial charge in [-0.05, 0) is 109 Å². The standard InChI is InChI=1S/C40H41N3O7S2/c1-6-8-10-26-23-36-38(34-21-18-31(51(44,45)46)24-37(34)52(47,48)49)35-19-12-27-22-29(42-41-28-13-16-30(17-14-28)43(4)5)15-20-33(27)40(35)50-39(36)32(25(26)3)11-9-7-2/h12-24H,3,6-11H2,1-2,4-5H3,(H,44,45,46)(H,47,48,49)/b42-41+. The number of nitrogens with zero attached hydrogens (tertiary/aromatic N) is 3. The topological polar surface area (TPSA) is 146 Å². The summed E-state index contributed by atoms with van der Waals surface area (Å²) in [6.45, 7) is 8.67. The molecule has 5 aromatic rings. The van der Waals surface area contributed by atoms with Gasteiger partial charge in [0.15, 0.2) is 0 Å². The van der Waals surface area contributed by atoms with Crippen LogP contribution >= 0.6 is 0 Å². The van der Waals surface area contributed by atoms with Crippen molar-refractivity contribution < 1.29 is 30.7 Å². The number of hydrogen-bond donors (Lipinski definition) is 2. The Kier molecular flexibility index (Phi) is 10.4. The van der Waals surface area contributed by atoms with E-state index in [0.717, 1.165) is 77.0 Å². The largest absolute Gasteiger partial charge is 0.455 e. The van der Waals surface area contributed by atoms with E-state index >= 15 is 0 Å². The van der Waals surface area contributed by atoms with Gasteiger partial charge in [0.2, 0.25) is 0 Å². The highest BCUT2D eigenvalue weighted by atomic mass is 32.2. The van der Waals surface area contributed by atoms with Gasteiger partial charge >= 0.3 is 0 Å². The number of ether oxygens (including phenoxy) is 1. The molecule has 52 heavy (non-hydrogen) atoms. The van der Waals surface area contributed by atoms with Crippen molar-refractivity contribution in [3.8, 4) is 11.5 Å². The van der Waals surface area contributed by atoms with Crippen molar-refractivity contribution >= 4 is 60.2 Å². The van der Waals surface area contributed by atoms with Crippen molar-refractivity contribution in [1.82, 2.24) is 0 Å². The number of unbranched alkanes of at least 4 members (excludes halogenated alkanes) is 2. The van der Waals surface area contributed by atoms with E-state index in [2.05, 4.69) is 30.7 Å². The van der Waals surface area contributed by atoms with Crippen molar-refractivity contribution in [2.24, 2.45) is 10.2 Å². The molecule has 0 aromatic heterocycles. The van der Waals surface area contributed by atoms with E-state index in [1.165, 1.54) is 6.07 Å². The van der Waals surface area contributed by atoms with Crippen molar-refractivity contribution in [3.63, 3.8) is 0 Å². The van der Waals surface area contributed by atoms with Crippen LogP contribution < -0.4 is 20.1 Å². The Bertz CT molecular complexity index is 2570. The summed E-state index contributed by atoms with van der Waals surface area (Å²) in [4.78, 5) is 0.684. The summed E-state index contributed by atoms with van der Waals surface area (Å²) >= 11 is 0. The first-order valence-electron chi connectivity index (χ1n) is 17.1. The first kappa shape index (κ1) is 36.9. The summed E-state index contributed by atoms with van der Waals surface area (Å²) in [5.41, 5.74) is 5.30. The Morgan fingerprint density at radius 1 is 0.731 bits per heavy atom. The maximum atomic E-state index is 12.9. The number of azo groups is 1. The van der Waals surface area contributed by atoms with E-state index in [-0.39, 0.29) is 5.56 Å². The molecule has 0 spiro atoms. The van der Waals surface area contributed by atoms with Gasteiger partial charge in [-0.1, -0.05) is 45.4 Å². The van der Waals surface area contributed by atoms with Crippen LogP contribution in [0.2, 0.25) is 0 Å². The Morgan fingerprint density at radius 3 is 2.04 bits per heavy atom. The van der Waals surface area contributed by atoms with Crippen LogP contribution in [0, 0.1) is 0 Å². The molecule has 6 rings (SSSR count). The fourth-order valence-electron chi connectivity index (χ4n) is 6.54. The predicted molar refractivity (Wildman–Crippen MR) is 205 cm³/mol. The van der Waals surface area contributed by atoms with E-state index in [1.807, 2.05) is 79.7 Å². The Hall–Kier alpha value is -4.88. The van der Waals surface area contributed by atoms with E-state index in [9.17, 15) is 25.9 Å². The lowest BCUT2D eigenvalue weighted by atomic mass is 9.87. The average molecular weight is 740 g/mol. The summed E-state index contributed by atoms with van der Waals surface area (Å²) in [5, 5.41) is 11.9. The smallest absolute Gasteiger partial charge is 0.295 e. The molecule has 1 aliphatic rings. The molecular weight excluding hydrogens is 699 g/mol. The summed E-state index contributed by atoms with van der Waals surface area (Å²) in [7, 11) is -5.84. The molecule has 0 saturated carbocycles. The lowest BCUT2D eigenvalue weighted by molar-refractivity contribution is 0.468. The van der Waals surface area contributed by atoms with Crippen LogP contribution in [-0.4, -0.2) is 40.0 Å². The van der Waals surface area contributed by atoms with E-state index in [0.29, 0.717) is 45.6 Å². The second-order valence-electron chi connectivity index (χ2n) is 13.1. The molecule has 1 heterocycles. The predicted octanol–water partition coefficient (Wildman–Crippen LogP) is 8.26. The van der Waals surface area contributed by atoms with Crippen LogP contribution in [0.3, 0.4) is 0 Å². The van der Waals surface area contributed by atoms with Crippen molar-refractivity contribution in [3.05, 3.63) is 112 Å². The molecule has 0 unspecified atom stereocenters. The SMILES string of the molecule is C=c1c(CCCC)cc2c(c1CCCC)Oc1c(ccc3cc(/N=N/c4ccc(N(C)C)cc4)ccc13)C=2c1ccc(S(=O)(=O)O)cc1S(=O)(=O)O. The molecule has 0 atom stereocenters. The van der Waals surface area contributed by atoms with Crippen LogP contribution in [0.15, 0.2) is 98.9 Å². The third-order valence-electron chi connectivity index (χ3n) is 9.31. The van der Waals surface area contributed by atoms with E-state index < -0.39 is 30.0 Å². The monoisotopic (exact) mass is 739 g/mol. The second kappa shape index (κ2) is 14.6. The molecule has 0 radical (unpaired) electrons. The zero-order chi connectivity index (χ0) is 37.4. The minimum absolute atomic E-state index is 0.0606. The molecule has 0 bridgehead atoms. The summed E-state index contributed by atoms with van der Waals surface area (Å²) in [6.07, 6.45) is 5.05. The molecule has 0 saturated heterocycles. The number of fused-ring (bicyclic) bond motifs is 4. The van der Waals surface area contributed by atoms with Gasteiger partial charge in [-0.2, -0.15) is 27.1 Å². The van der Waals surface area contributed by atoms with Gasteiger partial charge in [0.25, 0.3) is 20.2 Å². The molecule has 1 aliphatic heterocycles. The Labute approximate surface area is 304 Å². The van der Waals surface area contributed by atoms with Gasteiger partial charge in [-0.3, -0.25) is 9.11 Å². The van der Waals surface area contributed by atoms with Gasteiger partial charge in [-0.25, -0.2) is 0 Å². The molecule has 2 N–H and O–H groups in total. The first-order chi connectivity index (χ1) is 24.7. The van der Waals surface area contributed by atoms with E-state index in [1.54, 1.807) is 0 Å². The number of aryl methyl sites for hydroxylation is 1. The van der Waals surface area contributed by atoms with Gasteiger partial charge in [0.1, 0.15) is 16.4 Å². The quantitative estimate of drug-likeness (QED) is 0.0943. The van der Waals surface area contributed by atoms with Gasteiger partial charge in [0.05, 0.1) is 16.3 Å². The molecule has 5 aromatic carbocycles. The average Bonchev–Trinajstić information content (AvgIpc) is 3.11. The van der Waals surface area contributed by atoms with Crippen molar-refractivity contribution in [2.45, 2.75) is 62.2 Å². The van der Waals surface area contributed by atoms with E-state index in [4.69, 9.17) is 4.74 Å². The van der Waals surface area contributed by atoms with Crippen LogP contribution in [0.1, 0.15) is 61.8 Å². The molecule has 0 fully saturated rings. The lowest BCUT2D eigenvalue weighted by Gasteiger charge is -2.26. The summed E-state index contributed by atoms with van der Waals surface area (Å²) < 4.78 is 77.1. The maximum absolute atomic E-state index is 12.9. The number of hydrogen-bond acceptors (Lipinski definition) is 8. The fraction of sp³-hybridized carbons (Fsp3) is 0.250. The van der Waals surface area contributed by atoms with Crippen molar-refractivity contribution in [1.29, 1.82) is 0 Å². The molecule has 0 aliphatic carbocycles. The van der Waals surface area contributed by atoms with Gasteiger partial charge < -0.3 is 9.64 Å². The Morgan fingerprint density at radius 2 is 1.38 bits per heavy atom. The molecule has 0 amide bonds. The van der Waals surface area contributed by atoms with Crippen LogP contribution in [0.5, 0.6) is 11.5 Å². The molecule has 10 nitrogen and oxygen atoms in total.